The molecule has 0 radical (unpaired) electrons. The predicted molar refractivity (Wildman–Crippen MR) is 83.8 cm³/mol. The molecule has 1 amide bonds. The highest BCUT2D eigenvalue weighted by Gasteiger charge is 2.16. The van der Waals surface area contributed by atoms with Crippen molar-refractivity contribution in [3.8, 4) is 0 Å². The molecule has 2 aromatic rings. The number of nitrogens with zero attached hydrogens (tertiary/aromatic N) is 2. The Morgan fingerprint density at radius 3 is 2.53 bits per heavy atom. The summed E-state index contributed by atoms with van der Waals surface area (Å²) in [6, 6.07) is 11.5. The topological polar surface area (TPSA) is 33.2 Å². The molecule has 0 fully saturated rings. The number of hydrogen-bond donors (Lipinski definition) is 0. The minimum atomic E-state index is 0.0734. The monoisotopic (exact) mass is 366 g/mol. The van der Waals surface area contributed by atoms with E-state index in [9.17, 15) is 4.79 Å². The van der Waals surface area contributed by atoms with Crippen LogP contribution >= 0.6 is 22.6 Å². The molecule has 0 saturated heterocycles. The number of hydrogen-bond acceptors (Lipinski definition) is 2. The van der Waals surface area contributed by atoms with Crippen LogP contribution in [-0.2, 0) is 6.54 Å². The minimum absolute atomic E-state index is 0.0734. The second kappa shape index (κ2) is 6.65. The van der Waals surface area contributed by atoms with Crippen LogP contribution in [0.1, 0.15) is 22.8 Å². The molecule has 0 spiro atoms. The number of carbonyl (C=O) groups is 1. The predicted octanol–water partition coefficient (Wildman–Crippen LogP) is 3.35. The molecule has 0 saturated carbocycles. The van der Waals surface area contributed by atoms with Crippen LogP contribution in [0.2, 0.25) is 0 Å². The highest BCUT2D eigenvalue weighted by molar-refractivity contribution is 14.1. The Hall–Kier alpha value is -1.43. The fourth-order valence-corrected chi connectivity index (χ4v) is 2.46. The minimum Gasteiger partial charge on any atom is -0.335 e. The molecular formula is C15H15IN2O. The van der Waals surface area contributed by atoms with E-state index in [2.05, 4.69) is 27.6 Å². The maximum atomic E-state index is 12.5. The van der Waals surface area contributed by atoms with E-state index in [0.717, 1.165) is 14.7 Å². The second-order valence-corrected chi connectivity index (χ2v) is 5.32. The second-order valence-electron chi connectivity index (χ2n) is 4.15. The largest absolute Gasteiger partial charge is 0.335 e. The number of carbonyl (C=O) groups excluding carboxylic acids is 1. The van der Waals surface area contributed by atoms with Crippen molar-refractivity contribution >= 4 is 28.5 Å². The van der Waals surface area contributed by atoms with Crippen molar-refractivity contribution in [2.45, 2.75) is 13.5 Å². The van der Waals surface area contributed by atoms with Crippen molar-refractivity contribution in [1.82, 2.24) is 9.88 Å². The number of rotatable bonds is 4. The lowest BCUT2D eigenvalue weighted by atomic mass is 10.2. The van der Waals surface area contributed by atoms with Crippen molar-refractivity contribution in [2.24, 2.45) is 0 Å². The lowest BCUT2D eigenvalue weighted by Gasteiger charge is -2.21. The number of benzene rings is 1. The maximum absolute atomic E-state index is 12.5. The first kappa shape index (κ1) is 14.0. The van der Waals surface area contributed by atoms with Crippen LogP contribution in [0, 0.1) is 3.57 Å². The zero-order valence-electron chi connectivity index (χ0n) is 10.7. The number of aromatic nitrogens is 1. The first-order chi connectivity index (χ1) is 9.22. The van der Waals surface area contributed by atoms with E-state index in [4.69, 9.17) is 0 Å². The van der Waals surface area contributed by atoms with Crippen LogP contribution < -0.4 is 0 Å². The Labute approximate surface area is 126 Å². The summed E-state index contributed by atoms with van der Waals surface area (Å²) in [6.07, 6.45) is 3.50. The zero-order chi connectivity index (χ0) is 13.7. The van der Waals surface area contributed by atoms with E-state index in [1.54, 1.807) is 12.4 Å². The quantitative estimate of drug-likeness (QED) is 0.778. The summed E-state index contributed by atoms with van der Waals surface area (Å²) in [5.74, 6) is 0.0734. The first-order valence-electron chi connectivity index (χ1n) is 6.15. The van der Waals surface area contributed by atoms with E-state index < -0.39 is 0 Å². The van der Waals surface area contributed by atoms with Gasteiger partial charge in [0.05, 0.1) is 5.56 Å². The number of amides is 1. The van der Waals surface area contributed by atoms with Crippen molar-refractivity contribution in [3.05, 3.63) is 63.5 Å². The normalized spacial score (nSPS) is 10.2. The standard InChI is InChI=1S/C15H15IN2O/c1-2-18(11-12-7-9-17-10-8-12)15(19)13-5-3-4-6-14(13)16/h3-10H,2,11H2,1H3. The summed E-state index contributed by atoms with van der Waals surface area (Å²) in [7, 11) is 0. The fourth-order valence-electron chi connectivity index (χ4n) is 1.84. The molecule has 1 aromatic carbocycles. The van der Waals surface area contributed by atoms with Gasteiger partial charge in [0.25, 0.3) is 5.91 Å². The van der Waals surface area contributed by atoms with Gasteiger partial charge in [-0.1, -0.05) is 12.1 Å². The van der Waals surface area contributed by atoms with Crippen molar-refractivity contribution in [2.75, 3.05) is 6.54 Å². The Bertz CT molecular complexity index is 557. The van der Waals surface area contributed by atoms with Gasteiger partial charge in [0.15, 0.2) is 0 Å². The summed E-state index contributed by atoms with van der Waals surface area (Å²) in [6.45, 7) is 3.30. The summed E-state index contributed by atoms with van der Waals surface area (Å²) >= 11 is 2.20. The van der Waals surface area contributed by atoms with Crippen molar-refractivity contribution in [3.63, 3.8) is 0 Å². The van der Waals surface area contributed by atoms with Crippen molar-refractivity contribution < 1.29 is 4.79 Å². The molecule has 0 unspecified atom stereocenters. The summed E-state index contributed by atoms with van der Waals surface area (Å²) in [4.78, 5) is 18.3. The zero-order valence-corrected chi connectivity index (χ0v) is 12.9. The van der Waals surface area contributed by atoms with E-state index in [1.165, 1.54) is 0 Å². The van der Waals surface area contributed by atoms with Gasteiger partial charge >= 0.3 is 0 Å². The smallest absolute Gasteiger partial charge is 0.255 e. The van der Waals surface area contributed by atoms with Gasteiger partial charge in [0.1, 0.15) is 0 Å². The van der Waals surface area contributed by atoms with E-state index in [0.29, 0.717) is 13.1 Å². The van der Waals surface area contributed by atoms with Gasteiger partial charge < -0.3 is 4.90 Å². The molecule has 0 aliphatic carbocycles. The van der Waals surface area contributed by atoms with Crippen molar-refractivity contribution in [1.29, 1.82) is 0 Å². The Balaban J connectivity index is 2.18. The third-order valence-electron chi connectivity index (χ3n) is 2.90. The molecule has 2 rings (SSSR count). The Kier molecular flexibility index (Phi) is 4.90. The third kappa shape index (κ3) is 3.53. The van der Waals surface area contributed by atoms with Gasteiger partial charge in [-0.25, -0.2) is 0 Å². The fraction of sp³-hybridized carbons (Fsp3) is 0.200. The average molecular weight is 366 g/mol. The van der Waals surface area contributed by atoms with Crippen LogP contribution in [0.15, 0.2) is 48.8 Å². The summed E-state index contributed by atoms with van der Waals surface area (Å²) < 4.78 is 0.985. The first-order valence-corrected chi connectivity index (χ1v) is 7.23. The molecule has 3 nitrogen and oxygen atoms in total. The van der Waals surface area contributed by atoms with E-state index >= 15 is 0 Å². The van der Waals surface area contributed by atoms with Crippen LogP contribution in [0.4, 0.5) is 0 Å². The SMILES string of the molecule is CCN(Cc1ccncc1)C(=O)c1ccccc1I. The van der Waals surface area contributed by atoms with Gasteiger partial charge in [0.2, 0.25) is 0 Å². The lowest BCUT2D eigenvalue weighted by Crippen LogP contribution is -2.30. The molecule has 0 aliphatic rings. The molecule has 4 heteroatoms. The lowest BCUT2D eigenvalue weighted by molar-refractivity contribution is 0.0751. The molecule has 19 heavy (non-hydrogen) atoms. The van der Waals surface area contributed by atoms with Crippen LogP contribution in [-0.4, -0.2) is 22.3 Å². The van der Waals surface area contributed by atoms with Gasteiger partial charge in [-0.3, -0.25) is 9.78 Å². The number of halogens is 1. The Morgan fingerprint density at radius 1 is 1.21 bits per heavy atom. The summed E-state index contributed by atoms with van der Waals surface area (Å²) in [5, 5.41) is 0. The van der Waals surface area contributed by atoms with E-state index in [-0.39, 0.29) is 5.91 Å². The molecule has 98 valence electrons. The molecular weight excluding hydrogens is 351 g/mol. The highest BCUT2D eigenvalue weighted by atomic mass is 127. The number of pyridine rings is 1. The highest BCUT2D eigenvalue weighted by Crippen LogP contribution is 2.15. The molecule has 1 heterocycles. The van der Waals surface area contributed by atoms with Crippen LogP contribution in [0.25, 0.3) is 0 Å². The van der Waals surface area contributed by atoms with Gasteiger partial charge in [-0.05, 0) is 59.3 Å². The third-order valence-corrected chi connectivity index (χ3v) is 3.84. The molecule has 0 aliphatic heterocycles. The molecule has 0 atom stereocenters. The average Bonchev–Trinajstić information content (AvgIpc) is 2.46. The van der Waals surface area contributed by atoms with Gasteiger partial charge in [0, 0.05) is 29.1 Å². The van der Waals surface area contributed by atoms with E-state index in [1.807, 2.05) is 48.2 Å². The van der Waals surface area contributed by atoms with Crippen LogP contribution in [0.5, 0.6) is 0 Å². The molecule has 1 aromatic heterocycles. The molecule has 0 bridgehead atoms. The molecule has 0 N–H and O–H groups in total. The van der Waals surface area contributed by atoms with Gasteiger partial charge in [-0.2, -0.15) is 0 Å². The Morgan fingerprint density at radius 2 is 1.89 bits per heavy atom. The van der Waals surface area contributed by atoms with Gasteiger partial charge in [-0.15, -0.1) is 0 Å². The summed E-state index contributed by atoms with van der Waals surface area (Å²) in [5.41, 5.74) is 1.86. The van der Waals surface area contributed by atoms with Crippen LogP contribution in [0.3, 0.4) is 0 Å². The maximum Gasteiger partial charge on any atom is 0.255 e.